The van der Waals surface area contributed by atoms with Crippen LogP contribution < -0.4 is 5.32 Å². The fourth-order valence-corrected chi connectivity index (χ4v) is 2.07. The number of amides is 1. The SMILES string of the molecule is CC(C)C(C)NC(=O)OC1COC2OCCC12. The second-order valence-electron chi connectivity index (χ2n) is 5.15. The number of hydrogen-bond donors (Lipinski definition) is 1. The first-order chi connectivity index (χ1) is 8.08. The highest BCUT2D eigenvalue weighted by Gasteiger charge is 2.43. The van der Waals surface area contributed by atoms with E-state index in [4.69, 9.17) is 14.2 Å². The average molecular weight is 243 g/mol. The second kappa shape index (κ2) is 5.23. The normalized spacial score (nSPS) is 33.5. The smallest absolute Gasteiger partial charge is 0.407 e. The van der Waals surface area contributed by atoms with E-state index in [1.807, 2.05) is 6.92 Å². The molecule has 4 unspecified atom stereocenters. The third-order valence-electron chi connectivity index (χ3n) is 3.59. The highest BCUT2D eigenvalue weighted by atomic mass is 16.7. The van der Waals surface area contributed by atoms with Gasteiger partial charge in [-0.05, 0) is 19.3 Å². The lowest BCUT2D eigenvalue weighted by Gasteiger charge is -2.20. The van der Waals surface area contributed by atoms with Crippen molar-refractivity contribution in [3.8, 4) is 0 Å². The van der Waals surface area contributed by atoms with Crippen LogP contribution in [0.3, 0.4) is 0 Å². The molecule has 5 nitrogen and oxygen atoms in total. The monoisotopic (exact) mass is 243 g/mol. The molecule has 2 fully saturated rings. The van der Waals surface area contributed by atoms with Gasteiger partial charge in [0.05, 0.1) is 19.1 Å². The Kier molecular flexibility index (Phi) is 3.89. The molecule has 2 aliphatic rings. The lowest BCUT2D eigenvalue weighted by Crippen LogP contribution is -2.39. The van der Waals surface area contributed by atoms with Crippen LogP contribution in [0.1, 0.15) is 27.2 Å². The van der Waals surface area contributed by atoms with Crippen LogP contribution in [0.4, 0.5) is 4.79 Å². The molecule has 1 N–H and O–H groups in total. The van der Waals surface area contributed by atoms with Gasteiger partial charge >= 0.3 is 6.09 Å². The van der Waals surface area contributed by atoms with E-state index >= 15 is 0 Å². The van der Waals surface area contributed by atoms with E-state index in [1.54, 1.807) is 0 Å². The van der Waals surface area contributed by atoms with Crippen LogP contribution in [0.15, 0.2) is 0 Å². The molecule has 1 amide bonds. The molecule has 17 heavy (non-hydrogen) atoms. The molecule has 0 aromatic rings. The van der Waals surface area contributed by atoms with Gasteiger partial charge in [0, 0.05) is 6.04 Å². The summed E-state index contributed by atoms with van der Waals surface area (Å²) in [5.41, 5.74) is 0. The Morgan fingerprint density at radius 2 is 2.12 bits per heavy atom. The lowest BCUT2D eigenvalue weighted by molar-refractivity contribution is -0.0907. The molecule has 2 saturated heterocycles. The topological polar surface area (TPSA) is 56.8 Å². The third-order valence-corrected chi connectivity index (χ3v) is 3.59. The zero-order chi connectivity index (χ0) is 12.4. The number of ether oxygens (including phenoxy) is 3. The summed E-state index contributed by atoms with van der Waals surface area (Å²) in [6.07, 6.45) is 0.215. The van der Waals surface area contributed by atoms with Gasteiger partial charge in [-0.2, -0.15) is 0 Å². The maximum atomic E-state index is 11.7. The Morgan fingerprint density at radius 1 is 1.35 bits per heavy atom. The highest BCUT2D eigenvalue weighted by molar-refractivity contribution is 5.67. The zero-order valence-corrected chi connectivity index (χ0v) is 10.6. The third kappa shape index (κ3) is 2.90. The standard InChI is InChI=1S/C12H21NO4/c1-7(2)8(3)13-12(14)17-10-6-16-11-9(10)4-5-15-11/h7-11H,4-6H2,1-3H3,(H,13,14). The van der Waals surface area contributed by atoms with Crippen molar-refractivity contribution in [1.29, 1.82) is 0 Å². The minimum absolute atomic E-state index is 0.112. The van der Waals surface area contributed by atoms with Crippen LogP contribution in [0, 0.1) is 11.8 Å². The minimum atomic E-state index is -0.354. The molecule has 98 valence electrons. The molecular weight excluding hydrogens is 222 g/mol. The Bertz CT molecular complexity index is 282. The molecule has 0 aliphatic carbocycles. The number of carbonyl (C=O) groups is 1. The summed E-state index contributed by atoms with van der Waals surface area (Å²) >= 11 is 0. The van der Waals surface area contributed by atoms with E-state index in [2.05, 4.69) is 19.2 Å². The quantitative estimate of drug-likeness (QED) is 0.816. The molecule has 4 atom stereocenters. The fourth-order valence-electron chi connectivity index (χ4n) is 2.07. The van der Waals surface area contributed by atoms with E-state index < -0.39 is 0 Å². The predicted molar refractivity (Wildman–Crippen MR) is 61.5 cm³/mol. The van der Waals surface area contributed by atoms with Gasteiger partial charge in [-0.25, -0.2) is 4.79 Å². The number of nitrogens with one attached hydrogen (secondary N) is 1. The summed E-state index contributed by atoms with van der Waals surface area (Å²) in [7, 11) is 0. The van der Waals surface area contributed by atoms with Crippen LogP contribution >= 0.6 is 0 Å². The number of alkyl carbamates (subject to hydrolysis) is 1. The molecule has 0 radical (unpaired) electrons. The average Bonchev–Trinajstić information content (AvgIpc) is 2.82. The van der Waals surface area contributed by atoms with E-state index in [0.29, 0.717) is 19.1 Å². The van der Waals surface area contributed by atoms with Gasteiger partial charge in [-0.1, -0.05) is 13.8 Å². The van der Waals surface area contributed by atoms with E-state index in [9.17, 15) is 4.79 Å². The van der Waals surface area contributed by atoms with Crippen LogP contribution in [0.2, 0.25) is 0 Å². The van der Waals surface area contributed by atoms with Gasteiger partial charge in [-0.15, -0.1) is 0 Å². The first kappa shape index (κ1) is 12.6. The van der Waals surface area contributed by atoms with E-state index in [1.165, 1.54) is 0 Å². The molecule has 5 heteroatoms. The van der Waals surface area contributed by atoms with Crippen molar-refractivity contribution < 1.29 is 19.0 Å². The van der Waals surface area contributed by atoms with Crippen molar-refractivity contribution in [3.05, 3.63) is 0 Å². The second-order valence-corrected chi connectivity index (χ2v) is 5.15. The summed E-state index contributed by atoms with van der Waals surface area (Å²) in [4.78, 5) is 11.7. The predicted octanol–water partition coefficient (Wildman–Crippen LogP) is 1.52. The molecule has 0 saturated carbocycles. The number of hydrogen-bond acceptors (Lipinski definition) is 4. The van der Waals surface area contributed by atoms with Crippen LogP contribution in [-0.2, 0) is 14.2 Å². The van der Waals surface area contributed by atoms with Gasteiger partial charge in [0.15, 0.2) is 6.29 Å². The lowest BCUT2D eigenvalue weighted by atomic mass is 10.0. The first-order valence-corrected chi connectivity index (χ1v) is 6.28. The number of carbonyl (C=O) groups excluding carboxylic acids is 1. The molecule has 2 heterocycles. The fraction of sp³-hybridized carbons (Fsp3) is 0.917. The molecule has 0 bridgehead atoms. The molecule has 0 aromatic heterocycles. The Morgan fingerprint density at radius 3 is 2.82 bits per heavy atom. The summed E-state index contributed by atoms with van der Waals surface area (Å²) in [5, 5.41) is 2.83. The molecule has 2 rings (SSSR count). The maximum absolute atomic E-state index is 11.7. The Labute approximate surface area is 102 Å². The summed E-state index contributed by atoms with van der Waals surface area (Å²) in [5.74, 6) is 0.597. The summed E-state index contributed by atoms with van der Waals surface area (Å²) < 4.78 is 16.2. The van der Waals surface area contributed by atoms with Crippen LogP contribution in [0.25, 0.3) is 0 Å². The summed E-state index contributed by atoms with van der Waals surface area (Å²) in [6.45, 7) is 7.23. The van der Waals surface area contributed by atoms with Gasteiger partial charge in [0.25, 0.3) is 0 Å². The molecule has 2 aliphatic heterocycles. The summed E-state index contributed by atoms with van der Waals surface area (Å²) in [6, 6.07) is 0.112. The van der Waals surface area contributed by atoms with Crippen LogP contribution in [0.5, 0.6) is 0 Å². The Hall–Kier alpha value is -0.810. The van der Waals surface area contributed by atoms with Crippen molar-refractivity contribution in [3.63, 3.8) is 0 Å². The van der Waals surface area contributed by atoms with Crippen molar-refractivity contribution in [2.75, 3.05) is 13.2 Å². The highest BCUT2D eigenvalue weighted by Crippen LogP contribution is 2.32. The largest absolute Gasteiger partial charge is 0.443 e. The Balaban J connectivity index is 1.79. The van der Waals surface area contributed by atoms with Crippen molar-refractivity contribution >= 4 is 6.09 Å². The van der Waals surface area contributed by atoms with E-state index in [-0.39, 0.29) is 30.4 Å². The molecule has 0 aromatic carbocycles. The zero-order valence-electron chi connectivity index (χ0n) is 10.6. The number of rotatable bonds is 3. The van der Waals surface area contributed by atoms with Crippen molar-refractivity contribution in [2.45, 2.75) is 45.6 Å². The van der Waals surface area contributed by atoms with Gasteiger partial charge < -0.3 is 19.5 Å². The van der Waals surface area contributed by atoms with Crippen LogP contribution in [-0.4, -0.2) is 37.7 Å². The van der Waals surface area contributed by atoms with Gasteiger partial charge in [-0.3, -0.25) is 0 Å². The first-order valence-electron chi connectivity index (χ1n) is 6.28. The van der Waals surface area contributed by atoms with Gasteiger partial charge in [0.1, 0.15) is 6.10 Å². The maximum Gasteiger partial charge on any atom is 0.407 e. The van der Waals surface area contributed by atoms with Gasteiger partial charge in [0.2, 0.25) is 0 Å². The number of fused-ring (bicyclic) bond motifs is 1. The van der Waals surface area contributed by atoms with Crippen molar-refractivity contribution in [2.24, 2.45) is 11.8 Å². The molecular formula is C12H21NO4. The minimum Gasteiger partial charge on any atom is -0.443 e. The van der Waals surface area contributed by atoms with Crippen molar-refractivity contribution in [1.82, 2.24) is 5.32 Å². The van der Waals surface area contributed by atoms with E-state index in [0.717, 1.165) is 6.42 Å². The molecule has 0 spiro atoms.